The Morgan fingerprint density at radius 1 is 1.19 bits per heavy atom. The molecule has 0 saturated carbocycles. The second-order valence-electron chi connectivity index (χ2n) is 5.76. The highest BCUT2D eigenvalue weighted by atomic mass is 32.2. The van der Waals surface area contributed by atoms with Gasteiger partial charge in [-0.05, 0) is 35.7 Å². The smallest absolute Gasteiger partial charge is 0.230 e. The molecule has 26 heavy (non-hydrogen) atoms. The maximum Gasteiger partial charge on any atom is 0.230 e. The van der Waals surface area contributed by atoms with E-state index < -0.39 is 0 Å². The standard InChI is InChI=1S/C20H19FN2OS2/c1-2-14-7-9-16(10-8-14)22-19(24)11-17-13-26-20(23-17)25-12-15-5-3-4-6-18(15)21/h3-10,13H,2,11-12H2,1H3,(H,22,24). The van der Waals surface area contributed by atoms with Crippen molar-refractivity contribution in [3.05, 3.63) is 76.5 Å². The van der Waals surface area contributed by atoms with E-state index in [1.165, 1.54) is 34.7 Å². The third kappa shape index (κ3) is 5.16. The summed E-state index contributed by atoms with van der Waals surface area (Å²) in [6.45, 7) is 2.09. The summed E-state index contributed by atoms with van der Waals surface area (Å²) in [5.41, 5.74) is 3.41. The molecular formula is C20H19FN2OS2. The lowest BCUT2D eigenvalue weighted by molar-refractivity contribution is -0.115. The van der Waals surface area contributed by atoms with Crippen molar-refractivity contribution in [3.8, 4) is 0 Å². The summed E-state index contributed by atoms with van der Waals surface area (Å²) in [7, 11) is 0. The number of amides is 1. The molecule has 0 unspecified atom stereocenters. The predicted molar refractivity (Wildman–Crippen MR) is 106 cm³/mol. The number of aromatic nitrogens is 1. The highest BCUT2D eigenvalue weighted by molar-refractivity contribution is 8.00. The van der Waals surface area contributed by atoms with Gasteiger partial charge in [0.05, 0.1) is 12.1 Å². The van der Waals surface area contributed by atoms with Gasteiger partial charge in [0.1, 0.15) is 10.2 Å². The van der Waals surface area contributed by atoms with E-state index in [9.17, 15) is 9.18 Å². The van der Waals surface area contributed by atoms with Crippen LogP contribution in [0.5, 0.6) is 0 Å². The Morgan fingerprint density at radius 3 is 2.69 bits per heavy atom. The molecule has 1 aromatic heterocycles. The number of nitrogens with one attached hydrogen (secondary N) is 1. The Balaban J connectivity index is 1.52. The monoisotopic (exact) mass is 386 g/mol. The van der Waals surface area contributed by atoms with Gasteiger partial charge in [-0.25, -0.2) is 9.37 Å². The number of hydrogen-bond donors (Lipinski definition) is 1. The van der Waals surface area contributed by atoms with Crippen LogP contribution in [0.1, 0.15) is 23.7 Å². The molecule has 0 radical (unpaired) electrons. The molecule has 0 fully saturated rings. The van der Waals surface area contributed by atoms with E-state index in [0.29, 0.717) is 11.3 Å². The van der Waals surface area contributed by atoms with Crippen LogP contribution >= 0.6 is 23.1 Å². The SMILES string of the molecule is CCc1ccc(NC(=O)Cc2csc(SCc3ccccc3F)n2)cc1. The molecule has 2 aromatic carbocycles. The molecule has 1 amide bonds. The number of nitrogens with zero attached hydrogens (tertiary/aromatic N) is 1. The summed E-state index contributed by atoms with van der Waals surface area (Å²) >= 11 is 2.96. The highest BCUT2D eigenvalue weighted by Crippen LogP contribution is 2.27. The van der Waals surface area contributed by atoms with Crippen molar-refractivity contribution in [2.24, 2.45) is 0 Å². The molecule has 3 aromatic rings. The molecule has 1 N–H and O–H groups in total. The first-order valence-corrected chi connectivity index (χ1v) is 10.2. The minimum absolute atomic E-state index is 0.0924. The summed E-state index contributed by atoms with van der Waals surface area (Å²) in [6.07, 6.45) is 1.20. The quantitative estimate of drug-likeness (QED) is 0.559. The molecule has 0 aliphatic carbocycles. The Morgan fingerprint density at radius 2 is 1.96 bits per heavy atom. The molecule has 3 rings (SSSR count). The lowest BCUT2D eigenvalue weighted by Crippen LogP contribution is -2.14. The molecule has 134 valence electrons. The number of hydrogen-bond acceptors (Lipinski definition) is 4. The summed E-state index contributed by atoms with van der Waals surface area (Å²) in [5.74, 6) is 0.228. The third-order valence-electron chi connectivity index (χ3n) is 3.83. The van der Waals surface area contributed by atoms with Gasteiger partial charge >= 0.3 is 0 Å². The van der Waals surface area contributed by atoms with E-state index in [0.717, 1.165) is 22.1 Å². The van der Waals surface area contributed by atoms with Gasteiger partial charge in [-0.1, -0.05) is 49.0 Å². The van der Waals surface area contributed by atoms with E-state index in [1.807, 2.05) is 35.7 Å². The zero-order chi connectivity index (χ0) is 18.4. The van der Waals surface area contributed by atoms with Gasteiger partial charge in [0, 0.05) is 16.8 Å². The average molecular weight is 387 g/mol. The molecule has 0 saturated heterocycles. The van der Waals surface area contributed by atoms with Gasteiger partial charge in [0.15, 0.2) is 0 Å². The minimum atomic E-state index is -0.203. The number of carbonyl (C=O) groups is 1. The highest BCUT2D eigenvalue weighted by Gasteiger charge is 2.10. The molecule has 3 nitrogen and oxygen atoms in total. The largest absolute Gasteiger partial charge is 0.326 e. The summed E-state index contributed by atoms with van der Waals surface area (Å²) in [5, 5.41) is 4.76. The van der Waals surface area contributed by atoms with Gasteiger partial charge in [-0.3, -0.25) is 4.79 Å². The van der Waals surface area contributed by atoms with Crippen LogP contribution in [0.2, 0.25) is 0 Å². The fourth-order valence-electron chi connectivity index (χ4n) is 2.38. The van der Waals surface area contributed by atoms with Crippen LogP contribution in [0.15, 0.2) is 58.3 Å². The van der Waals surface area contributed by atoms with Crippen molar-refractivity contribution in [1.29, 1.82) is 0 Å². The Bertz CT molecular complexity index is 878. The molecule has 1 heterocycles. The number of halogens is 1. The van der Waals surface area contributed by atoms with Crippen molar-refractivity contribution in [2.75, 3.05) is 5.32 Å². The van der Waals surface area contributed by atoms with E-state index in [2.05, 4.69) is 17.2 Å². The first-order valence-electron chi connectivity index (χ1n) is 8.33. The fourth-order valence-corrected chi connectivity index (χ4v) is 4.22. The van der Waals surface area contributed by atoms with Crippen molar-refractivity contribution in [2.45, 2.75) is 29.9 Å². The molecule has 0 aliphatic heterocycles. The van der Waals surface area contributed by atoms with Gasteiger partial charge in [-0.2, -0.15) is 0 Å². The van der Waals surface area contributed by atoms with Crippen LogP contribution in [-0.4, -0.2) is 10.9 Å². The van der Waals surface area contributed by atoms with Gasteiger partial charge in [0.25, 0.3) is 0 Å². The second kappa shape index (κ2) is 8.96. The topological polar surface area (TPSA) is 42.0 Å². The summed E-state index contributed by atoms with van der Waals surface area (Å²) < 4.78 is 14.5. The van der Waals surface area contributed by atoms with Crippen LogP contribution in [0.4, 0.5) is 10.1 Å². The van der Waals surface area contributed by atoms with E-state index in [4.69, 9.17) is 0 Å². The lowest BCUT2D eigenvalue weighted by atomic mass is 10.1. The Labute approximate surface area is 160 Å². The van der Waals surface area contributed by atoms with Crippen molar-refractivity contribution in [1.82, 2.24) is 4.98 Å². The maximum absolute atomic E-state index is 13.6. The first-order chi connectivity index (χ1) is 12.6. The number of rotatable bonds is 7. The van der Waals surface area contributed by atoms with Gasteiger partial charge < -0.3 is 5.32 Å². The van der Waals surface area contributed by atoms with E-state index >= 15 is 0 Å². The fraction of sp³-hybridized carbons (Fsp3) is 0.200. The van der Waals surface area contributed by atoms with E-state index in [1.54, 1.807) is 12.1 Å². The van der Waals surface area contributed by atoms with Crippen LogP contribution in [0.25, 0.3) is 0 Å². The number of thiazole rings is 1. The zero-order valence-corrected chi connectivity index (χ0v) is 16.0. The number of anilines is 1. The van der Waals surface area contributed by atoms with E-state index in [-0.39, 0.29) is 18.1 Å². The summed E-state index contributed by atoms with van der Waals surface area (Å²) in [6, 6.07) is 14.6. The predicted octanol–water partition coefficient (Wildman–Crippen LogP) is 5.32. The van der Waals surface area contributed by atoms with Crippen LogP contribution in [-0.2, 0) is 23.4 Å². The molecule has 0 bridgehead atoms. The molecule has 0 atom stereocenters. The molecular weight excluding hydrogens is 367 g/mol. The van der Waals surface area contributed by atoms with Crippen LogP contribution in [0, 0.1) is 5.82 Å². The van der Waals surface area contributed by atoms with Gasteiger partial charge in [-0.15, -0.1) is 11.3 Å². The number of aryl methyl sites for hydroxylation is 1. The van der Waals surface area contributed by atoms with Crippen LogP contribution < -0.4 is 5.32 Å². The normalized spacial score (nSPS) is 10.7. The Kier molecular flexibility index (Phi) is 6.41. The number of carbonyl (C=O) groups excluding carboxylic acids is 1. The van der Waals surface area contributed by atoms with Crippen molar-refractivity contribution < 1.29 is 9.18 Å². The second-order valence-corrected chi connectivity index (χ2v) is 7.84. The number of benzene rings is 2. The maximum atomic E-state index is 13.6. The first kappa shape index (κ1) is 18.6. The number of thioether (sulfide) groups is 1. The average Bonchev–Trinajstić information content (AvgIpc) is 3.09. The molecule has 0 aliphatic rings. The van der Waals surface area contributed by atoms with Crippen LogP contribution in [0.3, 0.4) is 0 Å². The van der Waals surface area contributed by atoms with Crippen molar-refractivity contribution >= 4 is 34.7 Å². The lowest BCUT2D eigenvalue weighted by Gasteiger charge is -2.05. The molecule has 0 spiro atoms. The summed E-state index contributed by atoms with van der Waals surface area (Å²) in [4.78, 5) is 16.6. The zero-order valence-electron chi connectivity index (χ0n) is 14.4. The van der Waals surface area contributed by atoms with Gasteiger partial charge in [0.2, 0.25) is 5.91 Å². The minimum Gasteiger partial charge on any atom is -0.326 e. The molecule has 6 heteroatoms. The third-order valence-corrected chi connectivity index (χ3v) is 5.95. The Hall–Kier alpha value is -2.18. The van der Waals surface area contributed by atoms with Crippen molar-refractivity contribution in [3.63, 3.8) is 0 Å².